The second-order valence-corrected chi connectivity index (χ2v) is 7.05. The van der Waals surface area contributed by atoms with E-state index < -0.39 is 0 Å². The molecular weight excluding hydrogens is 337 g/mol. The SMILES string of the molecule is ClCCCN1CCC(=C(c2ccccc2)c2ccc(Cl)cc2)CC1. The van der Waals surface area contributed by atoms with Gasteiger partial charge in [-0.2, -0.15) is 0 Å². The van der Waals surface area contributed by atoms with Crippen molar-refractivity contribution < 1.29 is 0 Å². The highest BCUT2D eigenvalue weighted by molar-refractivity contribution is 6.30. The van der Waals surface area contributed by atoms with E-state index in [9.17, 15) is 0 Å². The van der Waals surface area contributed by atoms with E-state index in [1.807, 2.05) is 12.1 Å². The number of nitrogens with zero attached hydrogens (tertiary/aromatic N) is 1. The number of rotatable bonds is 5. The van der Waals surface area contributed by atoms with Crippen molar-refractivity contribution in [1.29, 1.82) is 0 Å². The lowest BCUT2D eigenvalue weighted by atomic mass is 9.88. The Morgan fingerprint density at radius 3 is 2.12 bits per heavy atom. The van der Waals surface area contributed by atoms with E-state index in [1.165, 1.54) is 16.7 Å². The molecule has 2 aromatic carbocycles. The molecule has 0 saturated carbocycles. The summed E-state index contributed by atoms with van der Waals surface area (Å²) >= 11 is 11.9. The minimum absolute atomic E-state index is 0.749. The predicted octanol–water partition coefficient (Wildman–Crippen LogP) is 5.87. The second kappa shape index (κ2) is 8.71. The average Bonchev–Trinajstić information content (AvgIpc) is 2.64. The molecular formula is C21H23Cl2N. The van der Waals surface area contributed by atoms with Gasteiger partial charge >= 0.3 is 0 Å². The van der Waals surface area contributed by atoms with Gasteiger partial charge in [0.05, 0.1) is 0 Å². The average molecular weight is 360 g/mol. The lowest BCUT2D eigenvalue weighted by Crippen LogP contribution is -2.32. The quantitative estimate of drug-likeness (QED) is 0.603. The lowest BCUT2D eigenvalue weighted by Gasteiger charge is -2.30. The highest BCUT2D eigenvalue weighted by atomic mass is 35.5. The summed E-state index contributed by atoms with van der Waals surface area (Å²) in [6.45, 7) is 3.35. The third kappa shape index (κ3) is 4.42. The number of piperidine rings is 1. The highest BCUT2D eigenvalue weighted by Gasteiger charge is 2.18. The fraction of sp³-hybridized carbons (Fsp3) is 0.333. The molecule has 0 aliphatic carbocycles. The molecule has 0 aromatic heterocycles. The third-order valence-electron chi connectivity index (χ3n) is 4.62. The van der Waals surface area contributed by atoms with Crippen molar-refractivity contribution in [3.8, 4) is 0 Å². The number of halogens is 2. The third-order valence-corrected chi connectivity index (χ3v) is 5.14. The molecule has 0 radical (unpaired) electrons. The van der Waals surface area contributed by atoms with Gasteiger partial charge in [-0.05, 0) is 54.6 Å². The van der Waals surface area contributed by atoms with Crippen LogP contribution in [0.5, 0.6) is 0 Å². The van der Waals surface area contributed by atoms with Gasteiger partial charge in [0.25, 0.3) is 0 Å². The van der Waals surface area contributed by atoms with Gasteiger partial charge in [0, 0.05) is 24.0 Å². The molecule has 0 bridgehead atoms. The van der Waals surface area contributed by atoms with Crippen molar-refractivity contribution in [2.24, 2.45) is 0 Å². The molecule has 1 heterocycles. The highest BCUT2D eigenvalue weighted by Crippen LogP contribution is 2.32. The van der Waals surface area contributed by atoms with Crippen molar-refractivity contribution in [2.45, 2.75) is 19.3 Å². The smallest absolute Gasteiger partial charge is 0.0406 e. The van der Waals surface area contributed by atoms with Crippen LogP contribution in [-0.4, -0.2) is 30.4 Å². The Labute approximate surface area is 154 Å². The molecule has 0 atom stereocenters. The van der Waals surface area contributed by atoms with Crippen LogP contribution in [-0.2, 0) is 0 Å². The number of likely N-dealkylation sites (tertiary alicyclic amines) is 1. The molecule has 1 saturated heterocycles. The first-order valence-electron chi connectivity index (χ1n) is 8.59. The first-order chi connectivity index (χ1) is 11.8. The van der Waals surface area contributed by atoms with Gasteiger partial charge in [-0.3, -0.25) is 0 Å². The molecule has 1 aliphatic rings. The molecule has 1 aliphatic heterocycles. The Kier molecular flexibility index (Phi) is 6.37. The zero-order valence-corrected chi connectivity index (χ0v) is 15.4. The Balaban J connectivity index is 1.89. The molecule has 24 heavy (non-hydrogen) atoms. The minimum Gasteiger partial charge on any atom is -0.303 e. The fourth-order valence-corrected chi connectivity index (χ4v) is 3.62. The van der Waals surface area contributed by atoms with Crippen LogP contribution in [0.15, 0.2) is 60.2 Å². The number of hydrogen-bond donors (Lipinski definition) is 0. The van der Waals surface area contributed by atoms with Crippen molar-refractivity contribution in [1.82, 2.24) is 4.90 Å². The van der Waals surface area contributed by atoms with Gasteiger partial charge < -0.3 is 4.90 Å². The zero-order valence-electron chi connectivity index (χ0n) is 13.8. The van der Waals surface area contributed by atoms with Crippen LogP contribution >= 0.6 is 23.2 Å². The summed E-state index contributed by atoms with van der Waals surface area (Å²) in [6.07, 6.45) is 3.31. The Morgan fingerprint density at radius 2 is 1.50 bits per heavy atom. The normalized spacial score (nSPS) is 15.5. The molecule has 0 amide bonds. The van der Waals surface area contributed by atoms with E-state index in [2.05, 4.69) is 47.4 Å². The standard InChI is InChI=1S/C21H23Cl2N/c22-13-4-14-24-15-11-19(12-16-24)21(17-5-2-1-3-6-17)18-7-9-20(23)10-8-18/h1-3,5-10H,4,11-16H2. The van der Waals surface area contributed by atoms with Crippen molar-refractivity contribution >= 4 is 28.8 Å². The Hall–Kier alpha value is -1.28. The monoisotopic (exact) mass is 359 g/mol. The van der Waals surface area contributed by atoms with Crippen LogP contribution in [0.1, 0.15) is 30.4 Å². The number of benzene rings is 2. The van der Waals surface area contributed by atoms with E-state index in [1.54, 1.807) is 5.57 Å². The van der Waals surface area contributed by atoms with Gasteiger partial charge in [0.2, 0.25) is 0 Å². The topological polar surface area (TPSA) is 3.24 Å². The molecule has 0 N–H and O–H groups in total. The maximum Gasteiger partial charge on any atom is 0.0406 e. The number of alkyl halides is 1. The van der Waals surface area contributed by atoms with Crippen LogP contribution < -0.4 is 0 Å². The second-order valence-electron chi connectivity index (χ2n) is 6.24. The molecule has 126 valence electrons. The van der Waals surface area contributed by atoms with E-state index >= 15 is 0 Å². The van der Waals surface area contributed by atoms with Gasteiger partial charge in [0.15, 0.2) is 0 Å². The van der Waals surface area contributed by atoms with Crippen molar-refractivity contribution in [3.05, 3.63) is 76.3 Å². The maximum atomic E-state index is 6.08. The molecule has 1 fully saturated rings. The van der Waals surface area contributed by atoms with E-state index in [-0.39, 0.29) is 0 Å². The summed E-state index contributed by atoms with van der Waals surface area (Å²) in [5.74, 6) is 0.749. The summed E-state index contributed by atoms with van der Waals surface area (Å²) in [5.41, 5.74) is 5.48. The summed E-state index contributed by atoms with van der Waals surface area (Å²) in [6, 6.07) is 18.9. The lowest BCUT2D eigenvalue weighted by molar-refractivity contribution is 0.258. The zero-order chi connectivity index (χ0) is 16.8. The Bertz CT molecular complexity index is 667. The van der Waals surface area contributed by atoms with Gasteiger partial charge in [-0.1, -0.05) is 59.6 Å². The van der Waals surface area contributed by atoms with Crippen molar-refractivity contribution in [3.63, 3.8) is 0 Å². The maximum absolute atomic E-state index is 6.08. The predicted molar refractivity (Wildman–Crippen MR) is 105 cm³/mol. The van der Waals surface area contributed by atoms with Crippen LogP contribution in [0.2, 0.25) is 5.02 Å². The van der Waals surface area contributed by atoms with E-state index in [0.29, 0.717) is 0 Å². The first kappa shape index (κ1) is 17.5. The minimum atomic E-state index is 0.749. The molecule has 1 nitrogen and oxygen atoms in total. The summed E-state index contributed by atoms with van der Waals surface area (Å²) < 4.78 is 0. The largest absolute Gasteiger partial charge is 0.303 e. The molecule has 0 spiro atoms. The van der Waals surface area contributed by atoms with Crippen LogP contribution in [0.3, 0.4) is 0 Å². The summed E-state index contributed by atoms with van der Waals surface area (Å²) in [5, 5.41) is 0.784. The summed E-state index contributed by atoms with van der Waals surface area (Å²) in [4.78, 5) is 2.52. The van der Waals surface area contributed by atoms with Crippen LogP contribution in [0.25, 0.3) is 5.57 Å². The van der Waals surface area contributed by atoms with Gasteiger partial charge in [-0.25, -0.2) is 0 Å². The number of hydrogen-bond acceptors (Lipinski definition) is 1. The Morgan fingerprint density at radius 1 is 0.875 bits per heavy atom. The van der Waals surface area contributed by atoms with E-state index in [4.69, 9.17) is 23.2 Å². The van der Waals surface area contributed by atoms with Gasteiger partial charge in [-0.15, -0.1) is 11.6 Å². The van der Waals surface area contributed by atoms with Crippen molar-refractivity contribution in [2.75, 3.05) is 25.5 Å². The molecule has 3 heteroatoms. The summed E-state index contributed by atoms with van der Waals surface area (Å²) in [7, 11) is 0. The van der Waals surface area contributed by atoms with E-state index in [0.717, 1.165) is 49.8 Å². The first-order valence-corrected chi connectivity index (χ1v) is 9.51. The molecule has 3 rings (SSSR count). The fourth-order valence-electron chi connectivity index (χ4n) is 3.38. The van der Waals surface area contributed by atoms with Crippen LogP contribution in [0.4, 0.5) is 0 Å². The molecule has 2 aromatic rings. The van der Waals surface area contributed by atoms with Crippen LogP contribution in [0, 0.1) is 0 Å². The van der Waals surface area contributed by atoms with Gasteiger partial charge in [0.1, 0.15) is 0 Å². The molecule has 0 unspecified atom stereocenters.